The van der Waals surface area contributed by atoms with Crippen molar-refractivity contribution in [2.45, 2.75) is 4.90 Å². The molecule has 0 unspecified atom stereocenters. The third-order valence-electron chi connectivity index (χ3n) is 3.15. The summed E-state index contributed by atoms with van der Waals surface area (Å²) in [5.74, 6) is -1.19. The second-order valence-electron chi connectivity index (χ2n) is 5.23. The van der Waals surface area contributed by atoms with Crippen LogP contribution in [0.4, 0.5) is 10.1 Å². The molecule has 6 nitrogen and oxygen atoms in total. The highest BCUT2D eigenvalue weighted by Gasteiger charge is 2.17. The fourth-order valence-corrected chi connectivity index (χ4v) is 3.16. The quantitative estimate of drug-likeness (QED) is 0.764. The van der Waals surface area contributed by atoms with Gasteiger partial charge in [-0.1, -0.05) is 22.0 Å². The molecule has 1 N–H and O–H groups in total. The van der Waals surface area contributed by atoms with E-state index in [9.17, 15) is 17.6 Å². The number of sulfonamides is 1. The number of ether oxygens (including phenoxy) is 1. The summed E-state index contributed by atoms with van der Waals surface area (Å²) in [4.78, 5) is 12.0. The number of carbonyl (C=O) groups excluding carboxylic acids is 1. The van der Waals surface area contributed by atoms with Crippen LogP contribution < -0.4 is 10.1 Å². The summed E-state index contributed by atoms with van der Waals surface area (Å²) in [5, 5.41) is 2.52. The molecule has 0 saturated heterocycles. The van der Waals surface area contributed by atoms with E-state index >= 15 is 0 Å². The maximum Gasteiger partial charge on any atom is 0.262 e. The van der Waals surface area contributed by atoms with Crippen LogP contribution in [0.25, 0.3) is 0 Å². The van der Waals surface area contributed by atoms with Gasteiger partial charge in [-0.3, -0.25) is 4.79 Å². The standard InChI is InChI=1S/C16H16BrFN2O4S/c1-20(2)25(22,23)13-5-3-4-12(9-13)19-16(21)10-24-15-7-6-11(17)8-14(15)18/h3-9H,10H2,1-2H3,(H,19,21). The average Bonchev–Trinajstić information content (AvgIpc) is 2.54. The van der Waals surface area contributed by atoms with E-state index in [2.05, 4.69) is 21.2 Å². The summed E-state index contributed by atoms with van der Waals surface area (Å²) in [6.45, 7) is -0.413. The molecule has 0 radical (unpaired) electrons. The Kier molecular flexibility index (Phi) is 6.15. The van der Waals surface area contributed by atoms with Gasteiger partial charge in [0.25, 0.3) is 5.91 Å². The third-order valence-corrected chi connectivity index (χ3v) is 5.45. The van der Waals surface area contributed by atoms with Gasteiger partial charge < -0.3 is 10.1 Å². The molecule has 0 spiro atoms. The topological polar surface area (TPSA) is 75.7 Å². The molecule has 134 valence electrons. The van der Waals surface area contributed by atoms with Gasteiger partial charge >= 0.3 is 0 Å². The predicted octanol–water partition coefficient (Wildman–Crippen LogP) is 2.86. The first-order valence-electron chi connectivity index (χ1n) is 7.10. The number of hydrogen-bond acceptors (Lipinski definition) is 4. The highest BCUT2D eigenvalue weighted by Crippen LogP contribution is 2.22. The van der Waals surface area contributed by atoms with Crippen LogP contribution in [0.5, 0.6) is 5.75 Å². The summed E-state index contributed by atoms with van der Waals surface area (Å²) >= 11 is 3.13. The normalized spacial score (nSPS) is 11.4. The Balaban J connectivity index is 2.03. The lowest BCUT2D eigenvalue weighted by molar-refractivity contribution is -0.118. The van der Waals surface area contributed by atoms with Crippen LogP contribution in [0.15, 0.2) is 51.8 Å². The molecule has 0 heterocycles. The second kappa shape index (κ2) is 7.94. The van der Waals surface area contributed by atoms with Gasteiger partial charge in [-0.05, 0) is 36.4 Å². The lowest BCUT2D eigenvalue weighted by Crippen LogP contribution is -2.23. The van der Waals surface area contributed by atoms with E-state index in [-0.39, 0.29) is 10.6 Å². The van der Waals surface area contributed by atoms with Gasteiger partial charge in [0, 0.05) is 24.3 Å². The van der Waals surface area contributed by atoms with Crippen molar-refractivity contribution in [1.82, 2.24) is 4.31 Å². The van der Waals surface area contributed by atoms with Crippen molar-refractivity contribution < 1.29 is 22.3 Å². The molecule has 25 heavy (non-hydrogen) atoms. The van der Waals surface area contributed by atoms with Crippen LogP contribution >= 0.6 is 15.9 Å². The molecular formula is C16H16BrFN2O4S. The molecule has 1 amide bonds. The minimum atomic E-state index is -3.60. The van der Waals surface area contributed by atoms with Crippen molar-refractivity contribution in [2.24, 2.45) is 0 Å². The van der Waals surface area contributed by atoms with E-state index in [1.54, 1.807) is 12.1 Å². The Morgan fingerprint density at radius 2 is 1.96 bits per heavy atom. The van der Waals surface area contributed by atoms with Crippen LogP contribution in [0.2, 0.25) is 0 Å². The molecule has 0 aliphatic heterocycles. The maximum atomic E-state index is 13.6. The molecule has 9 heteroatoms. The molecule has 0 atom stereocenters. The highest BCUT2D eigenvalue weighted by atomic mass is 79.9. The number of hydrogen-bond donors (Lipinski definition) is 1. The zero-order valence-corrected chi connectivity index (χ0v) is 15.9. The van der Waals surface area contributed by atoms with Gasteiger partial charge in [-0.25, -0.2) is 17.1 Å². The zero-order valence-electron chi connectivity index (χ0n) is 13.5. The molecule has 2 aromatic rings. The Hall–Kier alpha value is -1.97. The first-order chi connectivity index (χ1) is 11.7. The molecule has 0 saturated carbocycles. The van der Waals surface area contributed by atoms with E-state index in [0.29, 0.717) is 10.2 Å². The lowest BCUT2D eigenvalue weighted by Gasteiger charge is -2.13. The number of rotatable bonds is 6. The van der Waals surface area contributed by atoms with Crippen molar-refractivity contribution >= 4 is 37.5 Å². The summed E-state index contributed by atoms with van der Waals surface area (Å²) in [6, 6.07) is 10.0. The molecule has 2 rings (SSSR count). The second-order valence-corrected chi connectivity index (χ2v) is 8.29. The van der Waals surface area contributed by atoms with Gasteiger partial charge in [0.2, 0.25) is 10.0 Å². The Morgan fingerprint density at radius 3 is 2.60 bits per heavy atom. The van der Waals surface area contributed by atoms with Crippen molar-refractivity contribution in [3.05, 3.63) is 52.8 Å². The SMILES string of the molecule is CN(C)S(=O)(=O)c1cccc(NC(=O)COc2ccc(Br)cc2F)c1. The molecule has 0 aliphatic carbocycles. The molecule has 2 aromatic carbocycles. The van der Waals surface area contributed by atoms with Crippen molar-refractivity contribution in [3.63, 3.8) is 0 Å². The summed E-state index contributed by atoms with van der Waals surface area (Å²) < 4.78 is 44.6. The first-order valence-corrected chi connectivity index (χ1v) is 9.34. The van der Waals surface area contributed by atoms with Crippen LogP contribution in [0.1, 0.15) is 0 Å². The number of carbonyl (C=O) groups is 1. The number of amides is 1. The number of halogens is 2. The summed E-state index contributed by atoms with van der Waals surface area (Å²) in [6.07, 6.45) is 0. The van der Waals surface area contributed by atoms with Crippen LogP contribution in [0.3, 0.4) is 0 Å². The van der Waals surface area contributed by atoms with Crippen molar-refractivity contribution in [2.75, 3.05) is 26.0 Å². The first kappa shape index (κ1) is 19.4. The largest absolute Gasteiger partial charge is 0.481 e. The van der Waals surface area contributed by atoms with Crippen molar-refractivity contribution in [1.29, 1.82) is 0 Å². The monoisotopic (exact) mass is 430 g/mol. The molecule has 0 fully saturated rings. The van der Waals surface area contributed by atoms with E-state index in [0.717, 1.165) is 4.31 Å². The fourth-order valence-electron chi connectivity index (χ4n) is 1.88. The third kappa shape index (κ3) is 5.00. The lowest BCUT2D eigenvalue weighted by atomic mass is 10.3. The van der Waals surface area contributed by atoms with Crippen molar-refractivity contribution in [3.8, 4) is 5.75 Å². The van der Waals surface area contributed by atoms with Gasteiger partial charge in [-0.2, -0.15) is 0 Å². The van der Waals surface area contributed by atoms with Crippen LogP contribution in [-0.2, 0) is 14.8 Å². The fraction of sp³-hybridized carbons (Fsp3) is 0.188. The Bertz CT molecular complexity index is 887. The smallest absolute Gasteiger partial charge is 0.262 e. The van der Waals surface area contributed by atoms with E-state index in [4.69, 9.17) is 4.74 Å². The number of benzene rings is 2. The van der Waals surface area contributed by atoms with E-state index in [1.807, 2.05) is 0 Å². The van der Waals surface area contributed by atoms with E-state index in [1.165, 1.54) is 44.4 Å². The summed E-state index contributed by atoms with van der Waals surface area (Å²) in [5.41, 5.74) is 0.299. The van der Waals surface area contributed by atoms with E-state index < -0.39 is 28.4 Å². The highest BCUT2D eigenvalue weighted by molar-refractivity contribution is 9.10. The molecule has 0 aromatic heterocycles. The molecular weight excluding hydrogens is 415 g/mol. The average molecular weight is 431 g/mol. The number of nitrogens with zero attached hydrogens (tertiary/aromatic N) is 1. The number of anilines is 1. The molecule has 0 bridgehead atoms. The van der Waals surface area contributed by atoms with Gasteiger partial charge in [0.1, 0.15) is 0 Å². The predicted molar refractivity (Wildman–Crippen MR) is 95.5 cm³/mol. The summed E-state index contributed by atoms with van der Waals surface area (Å²) in [7, 11) is -0.768. The van der Waals surface area contributed by atoms with Crippen LogP contribution in [-0.4, -0.2) is 39.3 Å². The zero-order chi connectivity index (χ0) is 18.6. The Labute approximate surface area is 153 Å². The van der Waals surface area contributed by atoms with Gasteiger partial charge in [0.15, 0.2) is 18.2 Å². The van der Waals surface area contributed by atoms with Gasteiger partial charge in [0.05, 0.1) is 4.90 Å². The number of nitrogens with one attached hydrogen (secondary N) is 1. The molecule has 0 aliphatic rings. The minimum absolute atomic E-state index is 0.0511. The van der Waals surface area contributed by atoms with Gasteiger partial charge in [-0.15, -0.1) is 0 Å². The van der Waals surface area contributed by atoms with Crippen LogP contribution in [0, 0.1) is 5.82 Å². The minimum Gasteiger partial charge on any atom is -0.481 e. The maximum absolute atomic E-state index is 13.6. The Morgan fingerprint density at radius 1 is 1.24 bits per heavy atom.